The molecule has 0 aromatic rings. The molecule has 3 N–H and O–H groups in total. The number of ether oxygens (including phenoxy) is 1. The Balaban J connectivity index is 1.49. The summed E-state index contributed by atoms with van der Waals surface area (Å²) in [6.07, 6.45) is -6.92. The quantitative estimate of drug-likeness (QED) is 0.0906. The lowest BCUT2D eigenvalue weighted by Crippen LogP contribution is -2.71. The smallest absolute Gasteiger partial charge is 0.377 e. The van der Waals surface area contributed by atoms with Crippen LogP contribution in [0.4, 0.5) is 26.3 Å². The van der Waals surface area contributed by atoms with Crippen molar-refractivity contribution in [2.45, 2.75) is 262 Å². The molecule has 0 aromatic heterocycles. The van der Waals surface area contributed by atoms with Crippen LogP contribution in [0.15, 0.2) is 12.2 Å². The molecule has 1 spiro atoms. The standard InChI is InChI=1S/C75H119ClF6N12O13/c1-17-24-53-63(98)84-61(44(5)18-2)69(104)88(12)41-60(97)90(14)54-25-22-21-23-34-93(68(54)103)57(36-47-26-30-48(31-27-47)74(77,78)79)67(102)87(11)40-58(95)83-52(33-29-46-28-32-50(51(76)35-46)75(80,81)82)65(100)94-39-49(107-20-4)37-55(94)64(99)85-73(42-72(7,8)43-73)71(106)92(16)62(45(6)19-3)70(105)91(15)56(66(101)86(9)10)38-59(96)89(53)13/h21-22,44-57,61-62H,17-20,23-43H2,1-16H3,(H,83,95)(H,84,98)(H,85,99)/b22-21-/t44-,45-,46?,47?,48?,49+,50?,51?,52-,53-,54-,55-,56-,57-,61-,62-/m0/s1. The number of halogens is 7. The second kappa shape index (κ2) is 37.8. The first-order valence-electron chi connectivity index (χ1n) is 38.2. The normalized spacial score (nSPS) is 31.3. The van der Waals surface area contributed by atoms with Gasteiger partial charge < -0.3 is 64.8 Å². The third kappa shape index (κ3) is 22.0. The molecular formula is C75H119ClF6N12O13. The van der Waals surface area contributed by atoms with Crippen LogP contribution in [0.3, 0.4) is 0 Å². The molecule has 6 aliphatic rings. The largest absolute Gasteiger partial charge is 0.393 e. The number of nitrogens with zero attached hydrogens (tertiary/aromatic N) is 9. The van der Waals surface area contributed by atoms with Crippen LogP contribution in [0, 0.1) is 40.9 Å². The number of fused-ring (bicyclic) bond motifs is 3. The van der Waals surface area contributed by atoms with E-state index in [2.05, 4.69) is 16.0 Å². The molecule has 6 rings (SSSR count). The third-order valence-corrected chi connectivity index (χ3v) is 24.0. The zero-order valence-electron chi connectivity index (χ0n) is 65.5. The Morgan fingerprint density at radius 2 is 1.26 bits per heavy atom. The molecule has 32 heteroatoms. The molecule has 0 aromatic carbocycles. The molecule has 3 heterocycles. The summed E-state index contributed by atoms with van der Waals surface area (Å²) in [6.45, 7) is 12.7. The van der Waals surface area contributed by atoms with Crippen molar-refractivity contribution in [3.8, 4) is 0 Å². The van der Waals surface area contributed by atoms with E-state index in [9.17, 15) is 55.1 Å². The summed E-state index contributed by atoms with van der Waals surface area (Å²) in [6, 6.07) is -11.0. The number of hydrogen-bond acceptors (Lipinski definition) is 13. The monoisotopic (exact) mass is 1540 g/mol. The number of nitrogens with one attached hydrogen (secondary N) is 3. The minimum atomic E-state index is -4.58. The maximum absolute atomic E-state index is 15.6. The Hall–Kier alpha value is -6.79. The van der Waals surface area contributed by atoms with Gasteiger partial charge in [-0.05, 0) is 132 Å². The van der Waals surface area contributed by atoms with E-state index in [4.69, 9.17) is 16.3 Å². The Kier molecular flexibility index (Phi) is 31.4. The van der Waals surface area contributed by atoms with Crippen molar-refractivity contribution in [2.75, 3.05) is 89.2 Å². The summed E-state index contributed by atoms with van der Waals surface area (Å²) in [5, 5.41) is 7.31. The highest BCUT2D eigenvalue weighted by Crippen LogP contribution is 2.50. The lowest BCUT2D eigenvalue weighted by atomic mass is 9.58. The van der Waals surface area contributed by atoms with Gasteiger partial charge in [-0.1, -0.05) is 79.9 Å². The Bertz CT molecular complexity index is 3200. The van der Waals surface area contributed by atoms with Crippen molar-refractivity contribution < 1.29 is 88.6 Å². The predicted molar refractivity (Wildman–Crippen MR) is 388 cm³/mol. The van der Waals surface area contributed by atoms with E-state index in [1.807, 2.05) is 13.8 Å². The average molecular weight is 1550 g/mol. The summed E-state index contributed by atoms with van der Waals surface area (Å²) >= 11 is 6.43. The molecule has 5 fully saturated rings. The van der Waals surface area contributed by atoms with Crippen LogP contribution in [0.25, 0.3) is 0 Å². The number of likely N-dealkylation sites (N-methyl/N-ethyl adjacent to an activating group) is 7. The molecule has 107 heavy (non-hydrogen) atoms. The van der Waals surface area contributed by atoms with Gasteiger partial charge in [0, 0.05) is 87.9 Å². The number of hydrogen-bond donors (Lipinski definition) is 3. The van der Waals surface area contributed by atoms with Gasteiger partial charge in [0.15, 0.2) is 0 Å². The summed E-state index contributed by atoms with van der Waals surface area (Å²) in [4.78, 5) is 192. The van der Waals surface area contributed by atoms with E-state index in [-0.39, 0.29) is 122 Å². The molecule has 0 radical (unpaired) electrons. The Morgan fingerprint density at radius 3 is 1.82 bits per heavy atom. The fraction of sp³-hybridized carbons (Fsp3) is 0.813. The second-order valence-corrected chi connectivity index (χ2v) is 32.8. The minimum absolute atomic E-state index is 0.0315. The van der Waals surface area contributed by atoms with Crippen LogP contribution in [0.5, 0.6) is 0 Å². The van der Waals surface area contributed by atoms with Gasteiger partial charge in [-0.2, -0.15) is 26.3 Å². The fourth-order valence-electron chi connectivity index (χ4n) is 16.8. The van der Waals surface area contributed by atoms with Gasteiger partial charge in [0.2, 0.25) is 70.9 Å². The van der Waals surface area contributed by atoms with E-state index < -0.39 is 209 Å². The maximum Gasteiger partial charge on any atom is 0.393 e. The second-order valence-electron chi connectivity index (χ2n) is 32.2. The van der Waals surface area contributed by atoms with Crippen LogP contribution >= 0.6 is 11.6 Å². The van der Waals surface area contributed by atoms with Crippen molar-refractivity contribution in [3.63, 3.8) is 0 Å². The molecule has 2 saturated heterocycles. The lowest BCUT2D eigenvalue weighted by Gasteiger charge is -2.54. The highest BCUT2D eigenvalue weighted by molar-refractivity contribution is 6.21. The van der Waals surface area contributed by atoms with Crippen molar-refractivity contribution in [1.29, 1.82) is 0 Å². The predicted octanol–water partition coefficient (Wildman–Crippen LogP) is 6.92. The molecular weight excluding hydrogens is 1430 g/mol. The van der Waals surface area contributed by atoms with Crippen molar-refractivity contribution in [1.82, 2.24) is 60.0 Å². The molecule has 2 bridgehead atoms. The third-order valence-electron chi connectivity index (χ3n) is 23.5. The van der Waals surface area contributed by atoms with Crippen LogP contribution in [0.2, 0.25) is 0 Å². The molecule has 606 valence electrons. The summed E-state index contributed by atoms with van der Waals surface area (Å²) in [5.41, 5.74) is -2.29. The Morgan fingerprint density at radius 1 is 0.645 bits per heavy atom. The lowest BCUT2D eigenvalue weighted by molar-refractivity contribution is -0.184. The number of amides is 12. The number of rotatable bonds is 14. The van der Waals surface area contributed by atoms with Crippen molar-refractivity contribution >= 4 is 82.5 Å². The topological polar surface area (TPSA) is 279 Å². The van der Waals surface area contributed by atoms with Crippen LogP contribution in [-0.4, -0.2) is 282 Å². The van der Waals surface area contributed by atoms with Gasteiger partial charge in [0.25, 0.3) is 0 Å². The first-order valence-corrected chi connectivity index (χ1v) is 38.7. The highest BCUT2D eigenvalue weighted by atomic mass is 35.5. The Labute approximate surface area is 632 Å². The first-order chi connectivity index (χ1) is 49.9. The van der Waals surface area contributed by atoms with E-state index in [0.717, 1.165) is 24.5 Å². The zero-order chi connectivity index (χ0) is 80.3. The molecule has 14 atom stereocenters. The number of alkyl halides is 7. The molecule has 12 amide bonds. The fourth-order valence-corrected chi connectivity index (χ4v) is 17.4. The number of carbonyl (C=O) groups is 12. The zero-order valence-corrected chi connectivity index (χ0v) is 66.3. The number of carbonyl (C=O) groups excluding carboxylic acids is 12. The van der Waals surface area contributed by atoms with Crippen molar-refractivity contribution in [2.24, 2.45) is 40.9 Å². The SMILES string of the molecule is CCC[C@H]1C(=O)N[C@@H]([C@@H](C)CC)C(=O)N(C)CC(=O)N(C)[C@H]2C/C=C\CCN(C2=O)[C@@H](CC2CCC(C(F)(F)F)CC2)C(=O)N(C)CC(=O)N[C@@H](CCC2CCC(C(F)(F)F)C(Cl)C2)C(=O)N2C[C@H](OCC)C[C@H]2C(=O)NC2(CC(C)(C)C2)C(=O)N(C)[C@@H]([C@@H](C)CC)C(=O)N(C)[C@H](C(=O)N(C)C)CC(=O)N1C. The summed E-state index contributed by atoms with van der Waals surface area (Å²) < 4.78 is 90.9. The van der Waals surface area contributed by atoms with Gasteiger partial charge in [0.1, 0.15) is 53.9 Å². The van der Waals surface area contributed by atoms with E-state index in [1.165, 1.54) is 76.0 Å². The van der Waals surface area contributed by atoms with Gasteiger partial charge in [-0.25, -0.2) is 0 Å². The molecule has 3 aliphatic heterocycles. The van der Waals surface area contributed by atoms with Gasteiger partial charge >= 0.3 is 12.4 Å². The van der Waals surface area contributed by atoms with Crippen LogP contribution in [-0.2, 0) is 62.3 Å². The van der Waals surface area contributed by atoms with E-state index >= 15 is 28.8 Å². The van der Waals surface area contributed by atoms with Gasteiger partial charge in [-0.3, -0.25) is 57.5 Å². The first kappa shape index (κ1) is 89.1. The van der Waals surface area contributed by atoms with Crippen molar-refractivity contribution in [3.05, 3.63) is 12.2 Å². The van der Waals surface area contributed by atoms with E-state index in [1.54, 1.807) is 53.7 Å². The highest BCUT2D eigenvalue weighted by Gasteiger charge is 2.59. The maximum atomic E-state index is 15.6. The molecule has 25 nitrogen and oxygen atoms in total. The molecule has 3 aliphatic carbocycles. The van der Waals surface area contributed by atoms with Crippen LogP contribution in [0.1, 0.15) is 184 Å². The minimum Gasteiger partial charge on any atom is -0.377 e. The average Bonchev–Trinajstić information content (AvgIpc) is 1.25. The summed E-state index contributed by atoms with van der Waals surface area (Å²) in [7, 11) is 11.0. The van der Waals surface area contributed by atoms with E-state index in [0.29, 0.717) is 19.3 Å². The molecule has 3 saturated carbocycles. The van der Waals surface area contributed by atoms with Gasteiger partial charge in [0.05, 0.1) is 37.5 Å². The van der Waals surface area contributed by atoms with Crippen LogP contribution < -0.4 is 16.0 Å². The molecule has 3 unspecified atom stereocenters. The van der Waals surface area contributed by atoms with Gasteiger partial charge in [-0.15, -0.1) is 11.6 Å². The summed E-state index contributed by atoms with van der Waals surface area (Å²) in [5.74, 6) is -14.6.